The molecule has 0 spiro atoms. The highest BCUT2D eigenvalue weighted by molar-refractivity contribution is 6.40. The van der Waals surface area contributed by atoms with Gasteiger partial charge in [-0.2, -0.15) is 0 Å². The number of carbonyl (C=O) groups excluding carboxylic acids is 1. The standard InChI is InChI=1S/C5H11NO.CH2Cl2/c1-3-5(7)6-4-2;2-1-3/h3-4H2,1-2H3,(H,6,7);1H2. The van der Waals surface area contributed by atoms with Crippen LogP contribution in [0, 0.1) is 0 Å². The van der Waals surface area contributed by atoms with Gasteiger partial charge in [-0.3, -0.25) is 4.79 Å². The topological polar surface area (TPSA) is 29.1 Å². The van der Waals surface area contributed by atoms with Crippen molar-refractivity contribution in [1.82, 2.24) is 5.32 Å². The molecule has 0 aromatic carbocycles. The quantitative estimate of drug-likeness (QED) is 0.656. The summed E-state index contributed by atoms with van der Waals surface area (Å²) >= 11 is 9.53. The lowest BCUT2D eigenvalue weighted by Crippen LogP contribution is -2.20. The third kappa shape index (κ3) is 15.7. The first-order chi connectivity index (χ1) is 4.72. The smallest absolute Gasteiger partial charge is 0.219 e. The largest absolute Gasteiger partial charge is 0.356 e. The molecule has 0 saturated carbocycles. The Morgan fingerprint density at radius 2 is 1.80 bits per heavy atom. The van der Waals surface area contributed by atoms with Crippen LogP contribution in [0.25, 0.3) is 0 Å². The fraction of sp³-hybridized carbons (Fsp3) is 0.833. The summed E-state index contributed by atoms with van der Waals surface area (Å²) in [5.74, 6) is 0.127. The van der Waals surface area contributed by atoms with Crippen LogP contribution in [-0.4, -0.2) is 17.8 Å². The van der Waals surface area contributed by atoms with Crippen molar-refractivity contribution in [2.24, 2.45) is 0 Å². The molecule has 0 radical (unpaired) electrons. The van der Waals surface area contributed by atoms with Crippen LogP contribution < -0.4 is 5.32 Å². The molecule has 2 nitrogen and oxygen atoms in total. The van der Waals surface area contributed by atoms with E-state index in [2.05, 4.69) is 5.32 Å². The van der Waals surface area contributed by atoms with Crippen LogP contribution in [0.3, 0.4) is 0 Å². The number of alkyl halides is 2. The highest BCUT2D eigenvalue weighted by atomic mass is 35.5. The molecular formula is C6H13Cl2NO. The highest BCUT2D eigenvalue weighted by Crippen LogP contribution is 1.73. The van der Waals surface area contributed by atoms with Crippen molar-refractivity contribution in [3.05, 3.63) is 0 Å². The van der Waals surface area contributed by atoms with Gasteiger partial charge < -0.3 is 5.32 Å². The van der Waals surface area contributed by atoms with E-state index in [4.69, 9.17) is 23.2 Å². The zero-order valence-corrected chi connectivity index (χ0v) is 7.80. The Hall–Kier alpha value is 0.0500. The van der Waals surface area contributed by atoms with E-state index in [0.29, 0.717) is 6.42 Å². The molecule has 0 fully saturated rings. The molecule has 10 heavy (non-hydrogen) atoms. The molecule has 0 aromatic rings. The van der Waals surface area contributed by atoms with Gasteiger partial charge in [-0.25, -0.2) is 0 Å². The molecule has 0 unspecified atom stereocenters. The van der Waals surface area contributed by atoms with E-state index in [1.165, 1.54) is 0 Å². The molecule has 1 N–H and O–H groups in total. The van der Waals surface area contributed by atoms with Crippen LogP contribution in [0.2, 0.25) is 0 Å². The van der Waals surface area contributed by atoms with Crippen molar-refractivity contribution in [2.45, 2.75) is 20.3 Å². The summed E-state index contributed by atoms with van der Waals surface area (Å²) in [6.07, 6.45) is 0.591. The van der Waals surface area contributed by atoms with Gasteiger partial charge in [0.15, 0.2) is 0 Å². The van der Waals surface area contributed by atoms with Crippen molar-refractivity contribution in [1.29, 1.82) is 0 Å². The van der Waals surface area contributed by atoms with E-state index >= 15 is 0 Å². The van der Waals surface area contributed by atoms with Crippen LogP contribution in [-0.2, 0) is 4.79 Å². The Balaban J connectivity index is 0. The van der Waals surface area contributed by atoms with Crippen molar-refractivity contribution >= 4 is 29.1 Å². The van der Waals surface area contributed by atoms with Crippen molar-refractivity contribution in [3.63, 3.8) is 0 Å². The second kappa shape index (κ2) is 11.8. The summed E-state index contributed by atoms with van der Waals surface area (Å²) in [4.78, 5) is 10.3. The SMILES string of the molecule is CCNC(=O)CC.ClCCl. The first kappa shape index (κ1) is 12.7. The van der Waals surface area contributed by atoms with E-state index in [-0.39, 0.29) is 11.2 Å². The number of nitrogens with one attached hydrogen (secondary N) is 1. The van der Waals surface area contributed by atoms with Crippen LogP contribution in [0.4, 0.5) is 0 Å². The molecule has 0 saturated heterocycles. The lowest BCUT2D eigenvalue weighted by molar-refractivity contribution is -0.120. The van der Waals surface area contributed by atoms with Gasteiger partial charge in [-0.1, -0.05) is 6.92 Å². The molecule has 62 valence electrons. The third-order valence-corrected chi connectivity index (χ3v) is 0.695. The Morgan fingerprint density at radius 1 is 1.40 bits per heavy atom. The molecule has 0 aliphatic carbocycles. The van der Waals surface area contributed by atoms with Crippen molar-refractivity contribution in [2.75, 3.05) is 11.9 Å². The summed E-state index contributed by atoms with van der Waals surface area (Å²) in [7, 11) is 0. The predicted molar refractivity (Wildman–Crippen MR) is 45.5 cm³/mol. The van der Waals surface area contributed by atoms with E-state index in [1.807, 2.05) is 13.8 Å². The monoisotopic (exact) mass is 185 g/mol. The zero-order chi connectivity index (χ0) is 8.41. The second-order valence-electron chi connectivity index (χ2n) is 1.41. The fourth-order valence-corrected chi connectivity index (χ4v) is 0.322. The maximum absolute atomic E-state index is 10.3. The zero-order valence-electron chi connectivity index (χ0n) is 6.29. The summed E-state index contributed by atoms with van der Waals surface area (Å²) in [6, 6.07) is 0. The molecule has 0 atom stereocenters. The molecule has 0 heterocycles. The molecule has 0 rings (SSSR count). The molecule has 0 aromatic heterocycles. The van der Waals surface area contributed by atoms with E-state index in [0.717, 1.165) is 6.54 Å². The first-order valence-electron chi connectivity index (χ1n) is 3.11. The molecule has 0 aliphatic heterocycles. The predicted octanol–water partition coefficient (Wildman–Crippen LogP) is 1.95. The summed E-state index contributed by atoms with van der Waals surface area (Å²) in [5, 5.41) is 2.85. The number of halogens is 2. The minimum atomic E-state index is 0.127. The third-order valence-electron chi connectivity index (χ3n) is 0.695. The van der Waals surface area contributed by atoms with Gasteiger partial charge in [0.1, 0.15) is 0 Å². The number of amides is 1. The normalized spacial score (nSPS) is 7.60. The Labute approximate surface area is 71.9 Å². The maximum atomic E-state index is 10.3. The Bertz CT molecular complexity index is 78.1. The minimum absolute atomic E-state index is 0.127. The molecule has 0 aliphatic rings. The average molecular weight is 186 g/mol. The van der Waals surface area contributed by atoms with Crippen LogP contribution in [0.5, 0.6) is 0 Å². The Morgan fingerprint density at radius 3 is 1.90 bits per heavy atom. The summed E-state index contributed by atoms with van der Waals surface area (Å²) in [5.41, 5.74) is 0. The molecule has 1 amide bonds. The first-order valence-corrected chi connectivity index (χ1v) is 4.18. The number of carbonyl (C=O) groups is 1. The lowest BCUT2D eigenvalue weighted by atomic mass is 10.4. The van der Waals surface area contributed by atoms with E-state index in [1.54, 1.807) is 0 Å². The summed E-state index contributed by atoms with van der Waals surface area (Å²) < 4.78 is 0. The van der Waals surface area contributed by atoms with Gasteiger partial charge in [0, 0.05) is 13.0 Å². The maximum Gasteiger partial charge on any atom is 0.219 e. The Kier molecular flexibility index (Phi) is 15.0. The number of hydrogen-bond donors (Lipinski definition) is 1. The van der Waals surface area contributed by atoms with Gasteiger partial charge in [-0.15, -0.1) is 23.2 Å². The molecule has 0 bridgehead atoms. The lowest BCUT2D eigenvalue weighted by Gasteiger charge is -1.93. The second-order valence-corrected chi connectivity index (χ2v) is 2.22. The van der Waals surface area contributed by atoms with Crippen molar-refractivity contribution < 1.29 is 4.79 Å². The van der Waals surface area contributed by atoms with E-state index in [9.17, 15) is 4.79 Å². The molecular weight excluding hydrogens is 173 g/mol. The van der Waals surface area contributed by atoms with Crippen LogP contribution in [0.15, 0.2) is 0 Å². The van der Waals surface area contributed by atoms with Crippen LogP contribution in [0.1, 0.15) is 20.3 Å². The van der Waals surface area contributed by atoms with Gasteiger partial charge in [0.2, 0.25) is 5.91 Å². The number of rotatable bonds is 2. The van der Waals surface area contributed by atoms with Gasteiger partial charge >= 0.3 is 0 Å². The number of hydrogen-bond acceptors (Lipinski definition) is 1. The van der Waals surface area contributed by atoms with Gasteiger partial charge in [0.05, 0.1) is 5.34 Å². The van der Waals surface area contributed by atoms with Crippen LogP contribution >= 0.6 is 23.2 Å². The average Bonchev–Trinajstić information content (AvgIpc) is 1.90. The summed E-state index contributed by atoms with van der Waals surface area (Å²) in [6.45, 7) is 4.49. The minimum Gasteiger partial charge on any atom is -0.356 e. The van der Waals surface area contributed by atoms with Gasteiger partial charge in [0.25, 0.3) is 0 Å². The van der Waals surface area contributed by atoms with Crippen molar-refractivity contribution in [3.8, 4) is 0 Å². The highest BCUT2D eigenvalue weighted by Gasteiger charge is 1.88. The fourth-order valence-electron chi connectivity index (χ4n) is 0.322. The van der Waals surface area contributed by atoms with Gasteiger partial charge in [-0.05, 0) is 6.92 Å². The molecule has 4 heteroatoms. The van der Waals surface area contributed by atoms with E-state index < -0.39 is 0 Å².